The summed E-state index contributed by atoms with van der Waals surface area (Å²) in [4.78, 5) is 1.62. The van der Waals surface area contributed by atoms with E-state index in [0.29, 0.717) is 5.69 Å². The molecular formula is C18H18N4O3S. The van der Waals surface area contributed by atoms with Gasteiger partial charge in [0.2, 0.25) is 0 Å². The molecule has 3 aromatic carbocycles. The van der Waals surface area contributed by atoms with Crippen LogP contribution in [0.25, 0.3) is 10.8 Å². The van der Waals surface area contributed by atoms with Crippen molar-refractivity contribution in [1.29, 1.82) is 0 Å². The molecule has 0 bridgehead atoms. The number of nitrogens with zero attached hydrogens (tertiary/aromatic N) is 3. The predicted molar refractivity (Wildman–Crippen MR) is 103 cm³/mol. The maximum Gasteiger partial charge on any atom is 0.296 e. The summed E-state index contributed by atoms with van der Waals surface area (Å²) in [6, 6.07) is 15.5. The third-order valence-corrected chi connectivity index (χ3v) is 4.77. The number of azo groups is 1. The summed E-state index contributed by atoms with van der Waals surface area (Å²) in [6.07, 6.45) is 0. The van der Waals surface area contributed by atoms with E-state index in [-0.39, 0.29) is 16.3 Å². The Morgan fingerprint density at radius 3 is 2.19 bits per heavy atom. The van der Waals surface area contributed by atoms with Crippen LogP contribution in [0.3, 0.4) is 0 Å². The zero-order chi connectivity index (χ0) is 18.9. The van der Waals surface area contributed by atoms with E-state index in [1.165, 1.54) is 12.1 Å². The summed E-state index contributed by atoms with van der Waals surface area (Å²) in [6.45, 7) is 0. The molecule has 3 aromatic rings. The third-order valence-electron chi connectivity index (χ3n) is 3.89. The summed E-state index contributed by atoms with van der Waals surface area (Å²) < 4.78 is 32.5. The third kappa shape index (κ3) is 3.51. The van der Waals surface area contributed by atoms with Gasteiger partial charge in [-0.1, -0.05) is 24.3 Å². The molecule has 0 fully saturated rings. The van der Waals surface area contributed by atoms with Crippen LogP contribution in [-0.4, -0.2) is 27.1 Å². The van der Waals surface area contributed by atoms with Crippen LogP contribution in [0.5, 0.6) is 0 Å². The molecule has 8 heteroatoms. The van der Waals surface area contributed by atoms with E-state index in [2.05, 4.69) is 10.2 Å². The van der Waals surface area contributed by atoms with Gasteiger partial charge in [0.05, 0.1) is 5.69 Å². The van der Waals surface area contributed by atoms with E-state index in [4.69, 9.17) is 5.73 Å². The molecule has 0 amide bonds. The molecule has 0 aliphatic heterocycles. The van der Waals surface area contributed by atoms with Crippen LogP contribution >= 0.6 is 0 Å². The minimum absolute atomic E-state index is 0.0162. The minimum Gasteiger partial charge on any atom is -0.399 e. The molecule has 0 heterocycles. The summed E-state index contributed by atoms with van der Waals surface area (Å²) in [7, 11) is -0.553. The SMILES string of the molecule is CN(C)c1ccc(N=Nc2ccc(N)cc2S(=O)(=O)O)c2ccccc12. The second kappa shape index (κ2) is 6.74. The van der Waals surface area contributed by atoms with Crippen molar-refractivity contribution in [3.05, 3.63) is 54.6 Å². The fourth-order valence-corrected chi connectivity index (χ4v) is 3.33. The fraction of sp³-hybridized carbons (Fsp3) is 0.111. The highest BCUT2D eigenvalue weighted by Crippen LogP contribution is 2.35. The Morgan fingerprint density at radius 2 is 1.54 bits per heavy atom. The Kier molecular flexibility index (Phi) is 4.62. The molecule has 3 N–H and O–H groups in total. The first-order valence-electron chi connectivity index (χ1n) is 7.75. The van der Waals surface area contributed by atoms with Gasteiger partial charge in [-0.05, 0) is 30.3 Å². The van der Waals surface area contributed by atoms with E-state index in [9.17, 15) is 13.0 Å². The van der Waals surface area contributed by atoms with Gasteiger partial charge in [-0.3, -0.25) is 4.55 Å². The number of hydrogen-bond acceptors (Lipinski definition) is 6. The molecule has 0 aliphatic rings. The zero-order valence-corrected chi connectivity index (χ0v) is 15.1. The molecule has 3 rings (SSSR count). The maximum absolute atomic E-state index is 11.5. The molecule has 0 atom stereocenters. The van der Waals surface area contributed by atoms with E-state index in [1.807, 2.05) is 55.4 Å². The Morgan fingerprint density at radius 1 is 0.923 bits per heavy atom. The topological polar surface area (TPSA) is 108 Å². The van der Waals surface area contributed by atoms with Crippen molar-refractivity contribution < 1.29 is 13.0 Å². The molecule has 0 spiro atoms. The lowest BCUT2D eigenvalue weighted by molar-refractivity contribution is 0.483. The quantitative estimate of drug-likeness (QED) is 0.407. The van der Waals surface area contributed by atoms with Gasteiger partial charge in [-0.25, -0.2) is 0 Å². The van der Waals surface area contributed by atoms with E-state index >= 15 is 0 Å². The lowest BCUT2D eigenvalue weighted by Crippen LogP contribution is -2.08. The largest absolute Gasteiger partial charge is 0.399 e. The molecule has 134 valence electrons. The number of rotatable bonds is 4. The van der Waals surface area contributed by atoms with Crippen LogP contribution in [0.4, 0.5) is 22.7 Å². The van der Waals surface area contributed by atoms with E-state index in [1.54, 1.807) is 0 Å². The first-order valence-corrected chi connectivity index (χ1v) is 9.19. The van der Waals surface area contributed by atoms with Crippen LogP contribution in [0.2, 0.25) is 0 Å². The molecule has 0 saturated carbocycles. The second-order valence-electron chi connectivity index (χ2n) is 5.95. The molecule has 0 saturated heterocycles. The summed E-state index contributed by atoms with van der Waals surface area (Å²) in [5.74, 6) is 0. The number of anilines is 2. The van der Waals surface area contributed by atoms with Gasteiger partial charge >= 0.3 is 0 Å². The van der Waals surface area contributed by atoms with Crippen LogP contribution in [0.15, 0.2) is 69.7 Å². The van der Waals surface area contributed by atoms with E-state index in [0.717, 1.165) is 22.5 Å². The number of nitrogens with two attached hydrogens (primary N) is 1. The normalized spacial score (nSPS) is 12.0. The Hall–Kier alpha value is -2.97. The van der Waals surface area contributed by atoms with Crippen molar-refractivity contribution in [3.63, 3.8) is 0 Å². The number of benzene rings is 3. The van der Waals surface area contributed by atoms with Gasteiger partial charge in [0, 0.05) is 36.2 Å². The van der Waals surface area contributed by atoms with Crippen molar-refractivity contribution in [3.8, 4) is 0 Å². The van der Waals surface area contributed by atoms with Gasteiger partial charge in [0.15, 0.2) is 0 Å². The van der Waals surface area contributed by atoms with Crippen molar-refractivity contribution in [1.82, 2.24) is 0 Å². The van der Waals surface area contributed by atoms with Crippen LogP contribution in [-0.2, 0) is 10.1 Å². The van der Waals surface area contributed by atoms with Gasteiger partial charge in [-0.2, -0.15) is 8.42 Å². The highest BCUT2D eigenvalue weighted by atomic mass is 32.2. The first kappa shape index (κ1) is 17.8. The second-order valence-corrected chi connectivity index (χ2v) is 7.34. The van der Waals surface area contributed by atoms with Crippen molar-refractivity contribution in [2.45, 2.75) is 4.90 Å². The molecule has 0 radical (unpaired) electrons. The van der Waals surface area contributed by atoms with Crippen molar-refractivity contribution >= 4 is 43.6 Å². The van der Waals surface area contributed by atoms with Crippen LogP contribution in [0, 0.1) is 0 Å². The molecule has 7 nitrogen and oxygen atoms in total. The average molecular weight is 370 g/mol. The molecule has 0 aromatic heterocycles. The fourth-order valence-electron chi connectivity index (χ4n) is 2.67. The molecular weight excluding hydrogens is 352 g/mol. The van der Waals surface area contributed by atoms with Crippen LogP contribution in [0.1, 0.15) is 0 Å². The van der Waals surface area contributed by atoms with Gasteiger partial charge in [-0.15, -0.1) is 10.2 Å². The van der Waals surface area contributed by atoms with E-state index < -0.39 is 10.1 Å². The molecule has 0 aliphatic carbocycles. The zero-order valence-electron chi connectivity index (χ0n) is 14.3. The molecule has 26 heavy (non-hydrogen) atoms. The monoisotopic (exact) mass is 370 g/mol. The summed E-state index contributed by atoms with van der Waals surface area (Å²) >= 11 is 0. The lowest BCUT2D eigenvalue weighted by Gasteiger charge is -2.16. The Bertz CT molecular complexity index is 1110. The lowest BCUT2D eigenvalue weighted by atomic mass is 10.1. The average Bonchev–Trinajstić information content (AvgIpc) is 2.59. The standard InChI is InChI=1S/C18H18N4O3S/c1-22(2)17-10-9-15(13-5-3-4-6-14(13)17)20-21-16-8-7-12(19)11-18(16)26(23,24)25/h3-11H,19H2,1-2H3,(H,23,24,25). The summed E-state index contributed by atoms with van der Waals surface area (Å²) in [5, 5.41) is 10.1. The van der Waals surface area contributed by atoms with Gasteiger partial charge < -0.3 is 10.6 Å². The van der Waals surface area contributed by atoms with Gasteiger partial charge in [0.1, 0.15) is 10.6 Å². The van der Waals surface area contributed by atoms with Gasteiger partial charge in [0.25, 0.3) is 10.1 Å². The number of fused-ring (bicyclic) bond motifs is 1. The first-order chi connectivity index (χ1) is 12.3. The van der Waals surface area contributed by atoms with Crippen molar-refractivity contribution in [2.24, 2.45) is 10.2 Å². The highest BCUT2D eigenvalue weighted by molar-refractivity contribution is 7.86. The highest BCUT2D eigenvalue weighted by Gasteiger charge is 2.16. The minimum atomic E-state index is -4.46. The van der Waals surface area contributed by atoms with Crippen molar-refractivity contribution in [2.75, 3.05) is 24.7 Å². The Balaban J connectivity index is 2.13. The molecule has 0 unspecified atom stereocenters. The maximum atomic E-state index is 11.5. The Labute approximate surface area is 151 Å². The summed E-state index contributed by atoms with van der Waals surface area (Å²) in [5.41, 5.74) is 7.44. The smallest absolute Gasteiger partial charge is 0.296 e. The van der Waals surface area contributed by atoms with Crippen LogP contribution < -0.4 is 10.6 Å². The predicted octanol–water partition coefficient (Wildman–Crippen LogP) is 4.15. The number of nitrogen functional groups attached to an aromatic ring is 1. The number of hydrogen-bond donors (Lipinski definition) is 2.